The fourth-order valence-electron chi connectivity index (χ4n) is 3.03. The van der Waals surface area contributed by atoms with Crippen molar-refractivity contribution in [3.8, 4) is 0 Å². The Hall–Kier alpha value is -0.860. The fourth-order valence-corrected chi connectivity index (χ4v) is 3.03. The van der Waals surface area contributed by atoms with Crippen molar-refractivity contribution in [1.82, 2.24) is 0 Å². The Morgan fingerprint density at radius 1 is 1.06 bits per heavy atom. The molecule has 0 radical (unpaired) electrons. The molecule has 0 heterocycles. The van der Waals surface area contributed by atoms with Crippen molar-refractivity contribution in [1.29, 1.82) is 0 Å². The lowest BCUT2D eigenvalue weighted by molar-refractivity contribution is 0.0801. The zero-order chi connectivity index (χ0) is 12.8. The van der Waals surface area contributed by atoms with Crippen LogP contribution in [0.4, 0.5) is 0 Å². The molecule has 1 saturated carbocycles. The first-order valence-electron chi connectivity index (χ1n) is 7.13. The Balaban J connectivity index is 1.75. The van der Waals surface area contributed by atoms with E-state index in [1.165, 1.54) is 31.2 Å². The van der Waals surface area contributed by atoms with Gasteiger partial charge in [-0.1, -0.05) is 30.3 Å². The van der Waals surface area contributed by atoms with Gasteiger partial charge in [-0.3, -0.25) is 0 Å². The number of benzene rings is 1. The van der Waals surface area contributed by atoms with E-state index in [1.54, 1.807) is 0 Å². The Morgan fingerprint density at radius 3 is 2.33 bits per heavy atom. The molecule has 2 nitrogen and oxygen atoms in total. The summed E-state index contributed by atoms with van der Waals surface area (Å²) in [5.74, 6) is 1.47. The molecular formula is C16H24O2. The van der Waals surface area contributed by atoms with Gasteiger partial charge in [-0.25, -0.2) is 0 Å². The second kappa shape index (κ2) is 6.91. The molecular weight excluding hydrogens is 224 g/mol. The van der Waals surface area contributed by atoms with Crippen LogP contribution in [0.2, 0.25) is 0 Å². The molecule has 0 spiro atoms. The standard InChI is InChI=1S/C16H24O2/c17-12-16(18)11-8-13-6-9-15(10-7-13)14-4-2-1-3-5-14/h1-5,13,15-18H,6-12H2/t13-,15-,16?. The van der Waals surface area contributed by atoms with Gasteiger partial charge in [-0.15, -0.1) is 0 Å². The normalized spacial score (nSPS) is 25.9. The van der Waals surface area contributed by atoms with Gasteiger partial charge in [0.2, 0.25) is 0 Å². The summed E-state index contributed by atoms with van der Waals surface area (Å²) in [7, 11) is 0. The Kier molecular flexibility index (Phi) is 5.21. The molecule has 0 saturated heterocycles. The molecule has 1 aliphatic carbocycles. The quantitative estimate of drug-likeness (QED) is 0.840. The number of aliphatic hydroxyl groups is 2. The number of hydrogen-bond acceptors (Lipinski definition) is 2. The highest BCUT2D eigenvalue weighted by molar-refractivity contribution is 5.19. The molecule has 1 aliphatic rings. The van der Waals surface area contributed by atoms with Gasteiger partial charge in [0, 0.05) is 0 Å². The Labute approximate surface area is 110 Å². The highest BCUT2D eigenvalue weighted by Gasteiger charge is 2.22. The molecule has 18 heavy (non-hydrogen) atoms. The summed E-state index contributed by atoms with van der Waals surface area (Å²) >= 11 is 0. The van der Waals surface area contributed by atoms with Crippen LogP contribution in [0.15, 0.2) is 30.3 Å². The average Bonchev–Trinajstić information content (AvgIpc) is 2.46. The van der Waals surface area contributed by atoms with Gasteiger partial charge in [0.1, 0.15) is 0 Å². The lowest BCUT2D eigenvalue weighted by atomic mass is 9.77. The van der Waals surface area contributed by atoms with Gasteiger partial charge in [0.05, 0.1) is 12.7 Å². The molecule has 2 rings (SSSR count). The summed E-state index contributed by atoms with van der Waals surface area (Å²) in [5.41, 5.74) is 1.48. The van der Waals surface area contributed by atoms with E-state index in [9.17, 15) is 5.11 Å². The lowest BCUT2D eigenvalue weighted by Gasteiger charge is -2.29. The van der Waals surface area contributed by atoms with Crippen molar-refractivity contribution in [2.24, 2.45) is 5.92 Å². The molecule has 0 aromatic heterocycles. The predicted octanol–water partition coefficient (Wildman–Crippen LogP) is 3.09. The first-order valence-corrected chi connectivity index (χ1v) is 7.13. The smallest absolute Gasteiger partial charge is 0.0771 e. The van der Waals surface area contributed by atoms with Crippen molar-refractivity contribution >= 4 is 0 Å². The zero-order valence-corrected chi connectivity index (χ0v) is 11.0. The third-order valence-corrected chi connectivity index (χ3v) is 4.24. The van der Waals surface area contributed by atoms with Crippen molar-refractivity contribution in [2.75, 3.05) is 6.61 Å². The first-order chi connectivity index (χ1) is 8.79. The maximum absolute atomic E-state index is 9.37. The van der Waals surface area contributed by atoms with E-state index in [2.05, 4.69) is 30.3 Å². The summed E-state index contributed by atoms with van der Waals surface area (Å²) < 4.78 is 0. The van der Waals surface area contributed by atoms with Gasteiger partial charge < -0.3 is 10.2 Å². The van der Waals surface area contributed by atoms with Gasteiger partial charge in [-0.2, -0.15) is 0 Å². The van der Waals surface area contributed by atoms with Crippen LogP contribution in [0, 0.1) is 5.92 Å². The second-order valence-electron chi connectivity index (χ2n) is 5.54. The number of aliphatic hydroxyl groups excluding tert-OH is 2. The minimum atomic E-state index is -0.517. The summed E-state index contributed by atoms with van der Waals surface area (Å²) in [4.78, 5) is 0. The van der Waals surface area contributed by atoms with Crippen molar-refractivity contribution in [3.63, 3.8) is 0 Å². The van der Waals surface area contributed by atoms with E-state index in [1.807, 2.05) is 0 Å². The summed E-state index contributed by atoms with van der Waals surface area (Å²) in [6, 6.07) is 10.8. The second-order valence-corrected chi connectivity index (χ2v) is 5.54. The van der Waals surface area contributed by atoms with Crippen LogP contribution in [0.3, 0.4) is 0 Å². The van der Waals surface area contributed by atoms with Crippen LogP contribution >= 0.6 is 0 Å². The SMILES string of the molecule is OCC(O)CC[C@H]1CC[C@H](c2ccccc2)CC1. The molecule has 2 heteroatoms. The average molecular weight is 248 g/mol. The highest BCUT2D eigenvalue weighted by atomic mass is 16.3. The molecule has 1 fully saturated rings. The summed E-state index contributed by atoms with van der Waals surface area (Å²) in [5, 5.41) is 18.2. The minimum Gasteiger partial charge on any atom is -0.394 e. The van der Waals surface area contributed by atoms with E-state index in [4.69, 9.17) is 5.11 Å². The summed E-state index contributed by atoms with van der Waals surface area (Å²) in [6.45, 7) is -0.0979. The van der Waals surface area contributed by atoms with Gasteiger partial charge in [-0.05, 0) is 55.9 Å². The highest BCUT2D eigenvalue weighted by Crippen LogP contribution is 2.37. The van der Waals surface area contributed by atoms with Crippen LogP contribution in [0.25, 0.3) is 0 Å². The largest absolute Gasteiger partial charge is 0.394 e. The lowest BCUT2D eigenvalue weighted by Crippen LogP contribution is -2.17. The van der Waals surface area contributed by atoms with E-state index in [-0.39, 0.29) is 6.61 Å². The third-order valence-electron chi connectivity index (χ3n) is 4.24. The van der Waals surface area contributed by atoms with E-state index in [0.717, 1.165) is 24.7 Å². The molecule has 1 aromatic rings. The number of rotatable bonds is 5. The molecule has 1 aromatic carbocycles. The molecule has 2 N–H and O–H groups in total. The van der Waals surface area contributed by atoms with Crippen molar-refractivity contribution in [3.05, 3.63) is 35.9 Å². The van der Waals surface area contributed by atoms with Gasteiger partial charge in [0.15, 0.2) is 0 Å². The van der Waals surface area contributed by atoms with Gasteiger partial charge in [0.25, 0.3) is 0 Å². The molecule has 0 amide bonds. The van der Waals surface area contributed by atoms with E-state index in [0.29, 0.717) is 0 Å². The van der Waals surface area contributed by atoms with Crippen LogP contribution in [0.5, 0.6) is 0 Å². The molecule has 100 valence electrons. The Morgan fingerprint density at radius 2 is 1.72 bits per heavy atom. The maximum atomic E-state index is 9.37. The topological polar surface area (TPSA) is 40.5 Å². The first kappa shape index (κ1) is 13.6. The maximum Gasteiger partial charge on any atom is 0.0771 e. The molecule has 0 aliphatic heterocycles. The van der Waals surface area contributed by atoms with Crippen molar-refractivity contribution < 1.29 is 10.2 Å². The molecule has 0 bridgehead atoms. The minimum absolute atomic E-state index is 0.0979. The Bertz CT molecular complexity index is 328. The fraction of sp³-hybridized carbons (Fsp3) is 0.625. The van der Waals surface area contributed by atoms with Gasteiger partial charge >= 0.3 is 0 Å². The third kappa shape index (κ3) is 3.82. The van der Waals surface area contributed by atoms with Crippen LogP contribution in [-0.4, -0.2) is 22.9 Å². The van der Waals surface area contributed by atoms with E-state index >= 15 is 0 Å². The monoisotopic (exact) mass is 248 g/mol. The molecule has 1 atom stereocenters. The zero-order valence-electron chi connectivity index (χ0n) is 11.0. The molecule has 1 unspecified atom stereocenters. The predicted molar refractivity (Wildman–Crippen MR) is 73.5 cm³/mol. The number of hydrogen-bond donors (Lipinski definition) is 2. The van der Waals surface area contributed by atoms with Crippen LogP contribution in [-0.2, 0) is 0 Å². The van der Waals surface area contributed by atoms with E-state index < -0.39 is 6.10 Å². The van der Waals surface area contributed by atoms with Crippen molar-refractivity contribution in [2.45, 2.75) is 50.5 Å². The van der Waals surface area contributed by atoms with Crippen LogP contribution in [0.1, 0.15) is 50.0 Å². The van der Waals surface area contributed by atoms with Crippen LogP contribution < -0.4 is 0 Å². The summed E-state index contributed by atoms with van der Waals surface area (Å²) in [6.07, 6.45) is 6.35.